The number of anilines is 1. The highest BCUT2D eigenvalue weighted by atomic mass is 32.2. The zero-order valence-electron chi connectivity index (χ0n) is 11.7. The molecule has 0 radical (unpaired) electrons. The molecular weight excluding hydrogens is 266 g/mol. The molecule has 0 bridgehead atoms. The lowest BCUT2D eigenvalue weighted by molar-refractivity contribution is 0.357. The highest BCUT2D eigenvalue weighted by Gasteiger charge is 2.11. The summed E-state index contributed by atoms with van der Waals surface area (Å²) in [6.45, 7) is 3.86. The number of ether oxygens (including phenoxy) is 1. The first-order valence-corrected chi connectivity index (χ1v) is 8.05. The summed E-state index contributed by atoms with van der Waals surface area (Å²) < 4.78 is 5.54. The van der Waals surface area contributed by atoms with E-state index in [0.717, 1.165) is 31.1 Å². The first-order valence-electron chi connectivity index (χ1n) is 7.07. The predicted molar refractivity (Wildman–Crippen MR) is 85.8 cm³/mol. The van der Waals surface area contributed by atoms with Crippen LogP contribution in [0, 0.1) is 0 Å². The van der Waals surface area contributed by atoms with Crippen molar-refractivity contribution in [3.05, 3.63) is 53.6 Å². The maximum absolute atomic E-state index is 5.54. The maximum atomic E-state index is 5.54. The summed E-state index contributed by atoms with van der Waals surface area (Å²) in [5.74, 6) is 2.14. The number of thioether (sulfide) groups is 1. The van der Waals surface area contributed by atoms with Gasteiger partial charge in [0.25, 0.3) is 0 Å². The Morgan fingerprint density at radius 1 is 1.20 bits per heavy atom. The number of hydrogen-bond acceptors (Lipinski definition) is 3. The van der Waals surface area contributed by atoms with E-state index in [4.69, 9.17) is 4.74 Å². The predicted octanol–water partition coefficient (Wildman–Crippen LogP) is 4.35. The fourth-order valence-corrected chi connectivity index (χ4v) is 3.22. The van der Waals surface area contributed by atoms with Crippen molar-refractivity contribution in [3.63, 3.8) is 0 Å². The molecule has 1 aliphatic rings. The number of rotatable bonds is 5. The van der Waals surface area contributed by atoms with E-state index in [1.54, 1.807) is 0 Å². The van der Waals surface area contributed by atoms with Crippen LogP contribution in [0.15, 0.2) is 47.4 Å². The summed E-state index contributed by atoms with van der Waals surface area (Å²) in [5, 5.41) is 3.54. The molecule has 2 aromatic carbocycles. The van der Waals surface area contributed by atoms with Crippen LogP contribution < -0.4 is 10.1 Å². The first kappa shape index (κ1) is 13.4. The summed E-state index contributed by atoms with van der Waals surface area (Å²) in [5.41, 5.74) is 3.86. The molecule has 0 atom stereocenters. The Labute approximate surface area is 124 Å². The van der Waals surface area contributed by atoms with Crippen LogP contribution >= 0.6 is 11.8 Å². The third kappa shape index (κ3) is 2.93. The minimum Gasteiger partial charge on any atom is -0.493 e. The van der Waals surface area contributed by atoms with E-state index in [9.17, 15) is 0 Å². The quantitative estimate of drug-likeness (QED) is 0.825. The monoisotopic (exact) mass is 285 g/mol. The summed E-state index contributed by atoms with van der Waals surface area (Å²) >= 11 is 1.87. The Morgan fingerprint density at radius 3 is 3.00 bits per heavy atom. The van der Waals surface area contributed by atoms with Crippen LogP contribution in [-0.4, -0.2) is 12.4 Å². The van der Waals surface area contributed by atoms with Gasteiger partial charge in [-0.1, -0.05) is 31.2 Å². The van der Waals surface area contributed by atoms with Gasteiger partial charge in [0, 0.05) is 23.5 Å². The SMILES string of the molecule is CCSc1ccccc1NCc1ccc2c(c1)CCO2. The minimum absolute atomic E-state index is 0.822. The standard InChI is InChI=1S/C17H19NOS/c1-2-20-17-6-4-3-5-15(17)18-12-13-7-8-16-14(11-13)9-10-19-16/h3-8,11,18H,2,9-10,12H2,1H3. The molecule has 20 heavy (non-hydrogen) atoms. The molecule has 1 heterocycles. The van der Waals surface area contributed by atoms with E-state index in [-0.39, 0.29) is 0 Å². The summed E-state index contributed by atoms with van der Waals surface area (Å²) in [6.07, 6.45) is 1.03. The fraction of sp³-hybridized carbons (Fsp3) is 0.294. The second-order valence-corrected chi connectivity index (χ2v) is 6.13. The van der Waals surface area contributed by atoms with Crippen LogP contribution in [0.5, 0.6) is 5.75 Å². The largest absolute Gasteiger partial charge is 0.493 e. The van der Waals surface area contributed by atoms with Crippen LogP contribution in [0.25, 0.3) is 0 Å². The van der Waals surface area contributed by atoms with Crippen molar-refractivity contribution >= 4 is 17.4 Å². The average molecular weight is 285 g/mol. The number of nitrogens with one attached hydrogen (secondary N) is 1. The van der Waals surface area contributed by atoms with Gasteiger partial charge in [0.05, 0.1) is 6.61 Å². The normalized spacial score (nSPS) is 12.8. The Hall–Kier alpha value is -1.61. The molecule has 0 aromatic heterocycles. The summed E-state index contributed by atoms with van der Waals surface area (Å²) in [7, 11) is 0. The molecule has 0 spiro atoms. The van der Waals surface area contributed by atoms with E-state index in [1.807, 2.05) is 11.8 Å². The topological polar surface area (TPSA) is 21.3 Å². The lowest BCUT2D eigenvalue weighted by atomic mass is 10.1. The van der Waals surface area contributed by atoms with Crippen LogP contribution in [0.2, 0.25) is 0 Å². The Kier molecular flexibility index (Phi) is 4.16. The Balaban J connectivity index is 1.70. The molecule has 0 aliphatic carbocycles. The van der Waals surface area contributed by atoms with Gasteiger partial charge in [0.2, 0.25) is 0 Å². The second kappa shape index (κ2) is 6.23. The van der Waals surface area contributed by atoms with Gasteiger partial charge in [-0.05, 0) is 35.1 Å². The highest BCUT2D eigenvalue weighted by molar-refractivity contribution is 7.99. The summed E-state index contributed by atoms with van der Waals surface area (Å²) in [6, 6.07) is 15.0. The van der Waals surface area contributed by atoms with Crippen LogP contribution in [-0.2, 0) is 13.0 Å². The third-order valence-corrected chi connectivity index (χ3v) is 4.38. The third-order valence-electron chi connectivity index (χ3n) is 3.42. The van der Waals surface area contributed by atoms with E-state index in [0.29, 0.717) is 0 Å². The molecule has 0 saturated heterocycles. The molecule has 1 N–H and O–H groups in total. The van der Waals surface area contributed by atoms with E-state index in [2.05, 4.69) is 54.7 Å². The molecule has 1 aliphatic heterocycles. The van der Waals surface area contributed by atoms with Crippen molar-refractivity contribution in [3.8, 4) is 5.75 Å². The molecule has 0 fully saturated rings. The molecule has 2 nitrogen and oxygen atoms in total. The highest BCUT2D eigenvalue weighted by Crippen LogP contribution is 2.28. The van der Waals surface area contributed by atoms with Gasteiger partial charge in [0.15, 0.2) is 0 Å². The van der Waals surface area contributed by atoms with Crippen molar-refractivity contribution in [1.82, 2.24) is 0 Å². The molecule has 3 heteroatoms. The Morgan fingerprint density at radius 2 is 2.10 bits per heavy atom. The van der Waals surface area contributed by atoms with E-state index >= 15 is 0 Å². The average Bonchev–Trinajstić information content (AvgIpc) is 2.94. The van der Waals surface area contributed by atoms with E-state index in [1.165, 1.54) is 21.7 Å². The van der Waals surface area contributed by atoms with Crippen LogP contribution in [0.1, 0.15) is 18.1 Å². The van der Waals surface area contributed by atoms with Crippen molar-refractivity contribution < 1.29 is 4.74 Å². The van der Waals surface area contributed by atoms with Crippen molar-refractivity contribution in [1.29, 1.82) is 0 Å². The molecular formula is C17H19NOS. The molecule has 3 rings (SSSR count). The molecule has 104 valence electrons. The zero-order valence-corrected chi connectivity index (χ0v) is 12.5. The van der Waals surface area contributed by atoms with Crippen LogP contribution in [0.3, 0.4) is 0 Å². The molecule has 0 unspecified atom stereocenters. The number of hydrogen-bond donors (Lipinski definition) is 1. The molecule has 0 amide bonds. The fourth-order valence-electron chi connectivity index (χ4n) is 2.44. The summed E-state index contributed by atoms with van der Waals surface area (Å²) in [4.78, 5) is 1.32. The van der Waals surface area contributed by atoms with Crippen LogP contribution in [0.4, 0.5) is 5.69 Å². The van der Waals surface area contributed by atoms with Crippen molar-refractivity contribution in [2.75, 3.05) is 17.7 Å². The van der Waals surface area contributed by atoms with Gasteiger partial charge in [-0.3, -0.25) is 0 Å². The van der Waals surface area contributed by atoms with Crippen molar-refractivity contribution in [2.24, 2.45) is 0 Å². The maximum Gasteiger partial charge on any atom is 0.122 e. The van der Waals surface area contributed by atoms with Gasteiger partial charge in [-0.25, -0.2) is 0 Å². The number of benzene rings is 2. The smallest absolute Gasteiger partial charge is 0.122 e. The van der Waals surface area contributed by atoms with Gasteiger partial charge in [-0.15, -0.1) is 11.8 Å². The van der Waals surface area contributed by atoms with E-state index < -0.39 is 0 Å². The van der Waals surface area contributed by atoms with Crippen molar-refractivity contribution in [2.45, 2.75) is 24.8 Å². The first-order chi connectivity index (χ1) is 9.86. The minimum atomic E-state index is 0.822. The molecule has 2 aromatic rings. The molecule has 0 saturated carbocycles. The second-order valence-electron chi connectivity index (χ2n) is 4.82. The zero-order chi connectivity index (χ0) is 13.8. The number of para-hydroxylation sites is 1. The lowest BCUT2D eigenvalue weighted by Gasteiger charge is -2.11. The Bertz CT molecular complexity index is 597. The van der Waals surface area contributed by atoms with Gasteiger partial charge < -0.3 is 10.1 Å². The van der Waals surface area contributed by atoms with Gasteiger partial charge in [-0.2, -0.15) is 0 Å². The lowest BCUT2D eigenvalue weighted by Crippen LogP contribution is -2.01. The van der Waals surface area contributed by atoms with Gasteiger partial charge >= 0.3 is 0 Å². The van der Waals surface area contributed by atoms with Gasteiger partial charge in [0.1, 0.15) is 5.75 Å². The number of fused-ring (bicyclic) bond motifs is 1.